The Labute approximate surface area is 124 Å². The summed E-state index contributed by atoms with van der Waals surface area (Å²) in [5, 5.41) is 2.08. The number of amides is 1. The number of anilines is 1. The molecular weight excluding hydrogens is 266 g/mol. The van der Waals surface area contributed by atoms with E-state index in [0.29, 0.717) is 12.1 Å². The first-order valence-corrected chi connectivity index (χ1v) is 7.66. The van der Waals surface area contributed by atoms with Crippen molar-refractivity contribution in [3.05, 3.63) is 23.8 Å². The fraction of sp³-hybridized carbons (Fsp3) is 0.562. The molecule has 3 aliphatic rings. The van der Waals surface area contributed by atoms with E-state index >= 15 is 0 Å². The van der Waals surface area contributed by atoms with E-state index in [9.17, 15) is 4.79 Å². The Hall–Kier alpha value is -1.75. The molecule has 4 rings (SSSR count). The third-order valence-electron chi connectivity index (χ3n) is 5.22. The smallest absolute Gasteiger partial charge is 0.243 e. The lowest BCUT2D eigenvalue weighted by Gasteiger charge is -2.49. The van der Waals surface area contributed by atoms with E-state index in [1.807, 2.05) is 6.07 Å². The summed E-state index contributed by atoms with van der Waals surface area (Å²) in [6, 6.07) is 6.75. The van der Waals surface area contributed by atoms with Gasteiger partial charge in [0.15, 0.2) is 0 Å². The van der Waals surface area contributed by atoms with E-state index in [1.54, 1.807) is 7.11 Å². The van der Waals surface area contributed by atoms with Crippen LogP contribution in [0.15, 0.2) is 18.2 Å². The van der Waals surface area contributed by atoms with Gasteiger partial charge in [0.25, 0.3) is 0 Å². The number of rotatable bonds is 1. The predicted molar refractivity (Wildman–Crippen MR) is 80.2 cm³/mol. The number of carbonyl (C=O) groups is 1. The van der Waals surface area contributed by atoms with Gasteiger partial charge in [-0.2, -0.15) is 0 Å². The van der Waals surface area contributed by atoms with E-state index < -0.39 is 0 Å². The quantitative estimate of drug-likeness (QED) is 0.842. The highest BCUT2D eigenvalue weighted by molar-refractivity contribution is 5.84. The highest BCUT2D eigenvalue weighted by atomic mass is 16.5. The van der Waals surface area contributed by atoms with Crippen molar-refractivity contribution in [2.24, 2.45) is 5.92 Å². The Morgan fingerprint density at radius 1 is 1.38 bits per heavy atom. The van der Waals surface area contributed by atoms with Crippen molar-refractivity contribution in [1.29, 1.82) is 0 Å². The molecule has 0 radical (unpaired) electrons. The van der Waals surface area contributed by atoms with Crippen molar-refractivity contribution in [3.63, 3.8) is 0 Å². The van der Waals surface area contributed by atoms with Gasteiger partial charge in [0.05, 0.1) is 24.8 Å². The summed E-state index contributed by atoms with van der Waals surface area (Å²) in [7, 11) is 3.84. The van der Waals surface area contributed by atoms with E-state index in [4.69, 9.17) is 4.74 Å². The van der Waals surface area contributed by atoms with Crippen molar-refractivity contribution >= 4 is 11.6 Å². The van der Waals surface area contributed by atoms with Crippen LogP contribution >= 0.6 is 0 Å². The highest BCUT2D eigenvalue weighted by Crippen LogP contribution is 2.41. The Morgan fingerprint density at radius 3 is 3.05 bits per heavy atom. The number of benzene rings is 1. The molecule has 1 aromatic rings. The van der Waals surface area contributed by atoms with Gasteiger partial charge in [-0.1, -0.05) is 0 Å². The molecular formula is C16H21N3O2. The Morgan fingerprint density at radius 2 is 2.24 bits per heavy atom. The van der Waals surface area contributed by atoms with Crippen molar-refractivity contribution in [2.45, 2.75) is 31.3 Å². The first-order valence-electron chi connectivity index (χ1n) is 7.66. The minimum Gasteiger partial charge on any atom is -0.497 e. The van der Waals surface area contributed by atoms with Gasteiger partial charge in [0.2, 0.25) is 5.91 Å². The highest BCUT2D eigenvalue weighted by Gasteiger charge is 2.49. The second-order valence-corrected chi connectivity index (χ2v) is 6.33. The number of carbonyl (C=O) groups excluding carboxylic acids is 1. The summed E-state index contributed by atoms with van der Waals surface area (Å²) in [4.78, 5) is 14.8. The van der Waals surface area contributed by atoms with Crippen LogP contribution in [0.4, 0.5) is 5.69 Å². The van der Waals surface area contributed by atoms with Crippen molar-refractivity contribution in [1.82, 2.24) is 10.3 Å². The van der Waals surface area contributed by atoms with Crippen LogP contribution in [-0.2, 0) is 11.2 Å². The third kappa shape index (κ3) is 1.83. The molecule has 3 atom stereocenters. The largest absolute Gasteiger partial charge is 0.497 e. The van der Waals surface area contributed by atoms with Crippen LogP contribution in [0.5, 0.6) is 5.75 Å². The SMILES string of the molecule is COc1ccc2c(c1)CC1C3C(CCCN3C)C(=O)NN21. The maximum absolute atomic E-state index is 12.4. The second kappa shape index (κ2) is 4.63. The Kier molecular flexibility index (Phi) is 2.85. The number of piperidine rings is 1. The number of hydrazine groups is 1. The van der Waals surface area contributed by atoms with E-state index in [0.717, 1.165) is 37.2 Å². The van der Waals surface area contributed by atoms with Crippen molar-refractivity contribution < 1.29 is 9.53 Å². The number of fused-ring (bicyclic) bond motifs is 5. The molecule has 1 amide bonds. The van der Waals surface area contributed by atoms with Crippen LogP contribution in [0, 0.1) is 5.92 Å². The van der Waals surface area contributed by atoms with Crippen LogP contribution in [-0.4, -0.2) is 43.6 Å². The van der Waals surface area contributed by atoms with Gasteiger partial charge in [-0.3, -0.25) is 15.2 Å². The molecule has 1 N–H and O–H groups in total. The molecule has 2 fully saturated rings. The number of ether oxygens (including phenoxy) is 1. The molecule has 5 nitrogen and oxygen atoms in total. The molecule has 0 saturated carbocycles. The monoisotopic (exact) mass is 287 g/mol. The topological polar surface area (TPSA) is 44.8 Å². The van der Waals surface area contributed by atoms with Gasteiger partial charge in [-0.25, -0.2) is 0 Å². The number of likely N-dealkylation sites (tertiary alicyclic amines) is 1. The number of hydrogen-bond donors (Lipinski definition) is 1. The molecule has 5 heteroatoms. The van der Waals surface area contributed by atoms with Crippen LogP contribution in [0.2, 0.25) is 0 Å². The fourth-order valence-corrected chi connectivity index (χ4v) is 4.24. The zero-order valence-electron chi connectivity index (χ0n) is 12.5. The molecule has 0 spiro atoms. The molecule has 2 saturated heterocycles. The Bertz CT molecular complexity index is 589. The molecule has 3 aliphatic heterocycles. The minimum absolute atomic E-state index is 0.126. The molecule has 21 heavy (non-hydrogen) atoms. The first-order chi connectivity index (χ1) is 10.2. The van der Waals surface area contributed by atoms with Crippen LogP contribution in [0.25, 0.3) is 0 Å². The maximum Gasteiger partial charge on any atom is 0.243 e. The average molecular weight is 287 g/mol. The average Bonchev–Trinajstić information content (AvgIpc) is 2.85. The van der Waals surface area contributed by atoms with Gasteiger partial charge in [0, 0.05) is 6.04 Å². The van der Waals surface area contributed by atoms with Gasteiger partial charge < -0.3 is 9.64 Å². The zero-order valence-corrected chi connectivity index (χ0v) is 12.5. The Balaban J connectivity index is 1.72. The minimum atomic E-state index is 0.126. The molecule has 1 aromatic carbocycles. The van der Waals surface area contributed by atoms with Crippen LogP contribution < -0.4 is 15.2 Å². The van der Waals surface area contributed by atoms with Gasteiger partial charge in [-0.05, 0) is 56.6 Å². The molecule has 0 aromatic heterocycles. The lowest BCUT2D eigenvalue weighted by atomic mass is 9.82. The first kappa shape index (κ1) is 13.0. The normalized spacial score (nSPS) is 31.2. The number of nitrogens with one attached hydrogen (secondary N) is 1. The molecule has 112 valence electrons. The van der Waals surface area contributed by atoms with Gasteiger partial charge in [0.1, 0.15) is 5.75 Å². The summed E-state index contributed by atoms with van der Waals surface area (Å²) < 4.78 is 5.33. The number of methoxy groups -OCH3 is 1. The number of nitrogens with zero attached hydrogens (tertiary/aromatic N) is 2. The van der Waals surface area contributed by atoms with E-state index in [-0.39, 0.29) is 11.8 Å². The van der Waals surface area contributed by atoms with Crippen molar-refractivity contribution in [3.8, 4) is 5.75 Å². The van der Waals surface area contributed by atoms with Gasteiger partial charge in [-0.15, -0.1) is 0 Å². The van der Waals surface area contributed by atoms with E-state index in [1.165, 1.54) is 5.56 Å². The molecule has 3 unspecified atom stereocenters. The number of likely N-dealkylation sites (N-methyl/N-ethyl adjacent to an activating group) is 1. The standard InChI is InChI=1S/C16H21N3O2/c1-18-7-3-4-12-15(18)14-9-10-8-11(21-2)5-6-13(10)19(14)17-16(12)20/h5-6,8,12,14-15H,3-4,7,9H2,1-2H3,(H,17,20). The molecule has 3 heterocycles. The van der Waals surface area contributed by atoms with Crippen molar-refractivity contribution in [2.75, 3.05) is 25.7 Å². The lowest BCUT2D eigenvalue weighted by Crippen LogP contribution is -2.67. The zero-order chi connectivity index (χ0) is 14.6. The fourth-order valence-electron chi connectivity index (χ4n) is 4.24. The summed E-state index contributed by atoms with van der Waals surface area (Å²) in [5.41, 5.74) is 5.50. The maximum atomic E-state index is 12.4. The molecule has 0 aliphatic carbocycles. The summed E-state index contributed by atoms with van der Waals surface area (Å²) in [6.07, 6.45) is 3.09. The molecule has 0 bridgehead atoms. The third-order valence-corrected chi connectivity index (χ3v) is 5.22. The van der Waals surface area contributed by atoms with Gasteiger partial charge >= 0.3 is 0 Å². The van der Waals surface area contributed by atoms with Crippen LogP contribution in [0.3, 0.4) is 0 Å². The van der Waals surface area contributed by atoms with Crippen LogP contribution in [0.1, 0.15) is 18.4 Å². The number of hydrogen-bond acceptors (Lipinski definition) is 4. The lowest BCUT2D eigenvalue weighted by molar-refractivity contribution is -0.132. The summed E-state index contributed by atoms with van der Waals surface area (Å²) in [5.74, 6) is 1.18. The second-order valence-electron chi connectivity index (χ2n) is 6.33. The van der Waals surface area contributed by atoms with E-state index in [2.05, 4.69) is 34.5 Å². The summed E-state index contributed by atoms with van der Waals surface area (Å²) in [6.45, 7) is 1.08. The predicted octanol–water partition coefficient (Wildman–Crippen LogP) is 1.18. The summed E-state index contributed by atoms with van der Waals surface area (Å²) >= 11 is 0.